The molecule has 1 N–H and O–H groups in total. The van der Waals surface area contributed by atoms with Gasteiger partial charge in [0.05, 0.1) is 6.10 Å². The largest absolute Gasteiger partial charge is 0.485 e. The van der Waals surface area contributed by atoms with Crippen molar-refractivity contribution in [3.8, 4) is 5.75 Å². The van der Waals surface area contributed by atoms with Crippen LogP contribution in [-0.4, -0.2) is 5.11 Å². The van der Waals surface area contributed by atoms with Crippen LogP contribution < -0.4 is 4.74 Å². The lowest BCUT2D eigenvalue weighted by atomic mass is 9.94. The highest BCUT2D eigenvalue weighted by molar-refractivity contribution is 9.10. The molecular weight excluding hydrogens is 330 g/mol. The monoisotopic (exact) mass is 340 g/mol. The van der Waals surface area contributed by atoms with Crippen LogP contribution in [0.25, 0.3) is 0 Å². The van der Waals surface area contributed by atoms with Crippen LogP contribution in [0.5, 0.6) is 5.75 Å². The number of benzene rings is 2. The Morgan fingerprint density at radius 2 is 1.90 bits per heavy atom. The van der Waals surface area contributed by atoms with Gasteiger partial charge in [0.15, 0.2) is 0 Å². The third-order valence-corrected chi connectivity index (χ3v) is 3.84. The molecule has 0 fully saturated rings. The number of hydrogen-bond acceptors (Lipinski definition) is 2. The average Bonchev–Trinajstić information content (AvgIpc) is 2.39. The van der Waals surface area contributed by atoms with Gasteiger partial charge in [0.2, 0.25) is 0 Å². The van der Waals surface area contributed by atoms with Gasteiger partial charge in [0.1, 0.15) is 23.5 Å². The maximum absolute atomic E-state index is 14.0. The first-order chi connectivity index (χ1) is 9.54. The Balaban J connectivity index is 1.97. The second kappa shape index (κ2) is 5.14. The van der Waals surface area contributed by atoms with E-state index < -0.39 is 23.8 Å². The number of aliphatic hydroxyl groups is 1. The van der Waals surface area contributed by atoms with E-state index in [1.165, 1.54) is 24.3 Å². The number of hydrogen-bond donors (Lipinski definition) is 1. The summed E-state index contributed by atoms with van der Waals surface area (Å²) in [7, 11) is 0. The van der Waals surface area contributed by atoms with Gasteiger partial charge >= 0.3 is 0 Å². The highest BCUT2D eigenvalue weighted by Crippen LogP contribution is 2.41. The Morgan fingerprint density at radius 1 is 1.10 bits per heavy atom. The van der Waals surface area contributed by atoms with Gasteiger partial charge in [-0.1, -0.05) is 22.0 Å². The standard InChI is InChI=1S/C15H11BrF2O2/c16-8-1-3-10(12(18)5-8)15-7-13(19)11-6-9(17)2-4-14(11)20-15/h1-6,13,15,19H,7H2/t13-,15?/m0/s1. The molecule has 1 heterocycles. The number of aliphatic hydroxyl groups excluding tert-OH is 1. The van der Waals surface area contributed by atoms with E-state index in [1.807, 2.05) is 0 Å². The first kappa shape index (κ1) is 13.5. The van der Waals surface area contributed by atoms with Crippen LogP contribution in [-0.2, 0) is 0 Å². The molecule has 5 heteroatoms. The molecule has 0 spiro atoms. The summed E-state index contributed by atoms with van der Waals surface area (Å²) in [6.45, 7) is 0. The molecule has 0 aliphatic carbocycles. The van der Waals surface area contributed by atoms with Crippen molar-refractivity contribution >= 4 is 15.9 Å². The molecule has 2 atom stereocenters. The molecule has 1 aliphatic heterocycles. The molecule has 104 valence electrons. The molecule has 0 aromatic heterocycles. The maximum Gasteiger partial charge on any atom is 0.131 e. The van der Waals surface area contributed by atoms with Crippen molar-refractivity contribution in [2.45, 2.75) is 18.6 Å². The Morgan fingerprint density at radius 3 is 2.65 bits per heavy atom. The molecule has 1 aliphatic rings. The Bertz CT molecular complexity index is 660. The van der Waals surface area contributed by atoms with E-state index in [9.17, 15) is 13.9 Å². The van der Waals surface area contributed by atoms with Crippen LogP contribution in [0, 0.1) is 11.6 Å². The van der Waals surface area contributed by atoms with Crippen LogP contribution in [0.15, 0.2) is 40.9 Å². The Hall–Kier alpha value is -1.46. The van der Waals surface area contributed by atoms with E-state index in [1.54, 1.807) is 12.1 Å². The Kier molecular flexibility index (Phi) is 3.48. The zero-order valence-corrected chi connectivity index (χ0v) is 11.9. The molecular formula is C15H11BrF2O2. The van der Waals surface area contributed by atoms with Gasteiger partial charge in [0, 0.05) is 22.0 Å². The van der Waals surface area contributed by atoms with Crippen LogP contribution in [0.4, 0.5) is 8.78 Å². The third kappa shape index (κ3) is 2.43. The first-order valence-corrected chi connectivity index (χ1v) is 6.93. The summed E-state index contributed by atoms with van der Waals surface area (Å²) in [6, 6.07) is 8.64. The highest BCUT2D eigenvalue weighted by Gasteiger charge is 2.30. The lowest BCUT2D eigenvalue weighted by molar-refractivity contribution is 0.0636. The quantitative estimate of drug-likeness (QED) is 0.839. The zero-order valence-electron chi connectivity index (χ0n) is 10.3. The zero-order chi connectivity index (χ0) is 14.3. The summed E-state index contributed by atoms with van der Waals surface area (Å²) in [6.07, 6.45) is -1.27. The molecule has 3 rings (SSSR count). The van der Waals surface area contributed by atoms with Crippen molar-refractivity contribution in [3.05, 3.63) is 63.6 Å². The van der Waals surface area contributed by atoms with Crippen LogP contribution in [0.2, 0.25) is 0 Å². The number of halogens is 3. The predicted molar refractivity (Wildman–Crippen MR) is 73.4 cm³/mol. The summed E-state index contributed by atoms with van der Waals surface area (Å²) < 4.78 is 33.4. The van der Waals surface area contributed by atoms with E-state index >= 15 is 0 Å². The molecule has 2 nitrogen and oxygen atoms in total. The molecule has 0 saturated carbocycles. The second-order valence-corrected chi connectivity index (χ2v) is 5.62. The lowest BCUT2D eigenvalue weighted by Gasteiger charge is -2.30. The molecule has 0 radical (unpaired) electrons. The molecule has 1 unspecified atom stereocenters. The second-order valence-electron chi connectivity index (χ2n) is 4.71. The summed E-state index contributed by atoms with van der Waals surface area (Å²) in [5.41, 5.74) is 0.779. The van der Waals surface area contributed by atoms with Crippen molar-refractivity contribution in [1.29, 1.82) is 0 Å². The fourth-order valence-corrected chi connectivity index (χ4v) is 2.70. The van der Waals surface area contributed by atoms with Crippen LogP contribution >= 0.6 is 15.9 Å². The van der Waals surface area contributed by atoms with Gasteiger partial charge < -0.3 is 9.84 Å². The number of rotatable bonds is 1. The van der Waals surface area contributed by atoms with Crippen molar-refractivity contribution < 1.29 is 18.6 Å². The maximum atomic E-state index is 14.0. The molecule has 2 aromatic carbocycles. The molecule has 0 amide bonds. The molecule has 0 saturated heterocycles. The number of fused-ring (bicyclic) bond motifs is 1. The third-order valence-electron chi connectivity index (χ3n) is 3.35. The summed E-state index contributed by atoms with van der Waals surface area (Å²) in [5, 5.41) is 10.1. The minimum Gasteiger partial charge on any atom is -0.485 e. The van der Waals surface area contributed by atoms with E-state index in [0.717, 1.165) is 0 Å². The summed E-state index contributed by atoms with van der Waals surface area (Å²) >= 11 is 3.19. The van der Waals surface area contributed by atoms with Crippen molar-refractivity contribution in [3.63, 3.8) is 0 Å². The van der Waals surface area contributed by atoms with E-state index in [-0.39, 0.29) is 6.42 Å². The predicted octanol–water partition coefficient (Wildman–Crippen LogP) is 4.28. The number of ether oxygens (including phenoxy) is 1. The van der Waals surface area contributed by atoms with Gasteiger partial charge in [-0.25, -0.2) is 8.78 Å². The molecule has 2 aromatic rings. The van der Waals surface area contributed by atoms with Crippen molar-refractivity contribution in [2.75, 3.05) is 0 Å². The highest BCUT2D eigenvalue weighted by atomic mass is 79.9. The van der Waals surface area contributed by atoms with Crippen LogP contribution in [0.1, 0.15) is 29.8 Å². The first-order valence-electron chi connectivity index (χ1n) is 6.13. The molecule has 20 heavy (non-hydrogen) atoms. The molecule has 0 bridgehead atoms. The van der Waals surface area contributed by atoms with Gasteiger partial charge in [-0.15, -0.1) is 0 Å². The fourth-order valence-electron chi connectivity index (χ4n) is 2.37. The SMILES string of the molecule is O[C@H]1CC(c2ccc(Br)cc2F)Oc2ccc(F)cc21. The van der Waals surface area contributed by atoms with Crippen molar-refractivity contribution in [1.82, 2.24) is 0 Å². The minimum atomic E-state index is -0.873. The van der Waals surface area contributed by atoms with Gasteiger partial charge in [-0.05, 0) is 30.3 Å². The fraction of sp³-hybridized carbons (Fsp3) is 0.200. The lowest BCUT2D eigenvalue weighted by Crippen LogP contribution is -2.20. The van der Waals surface area contributed by atoms with Gasteiger partial charge in [0.25, 0.3) is 0 Å². The van der Waals surface area contributed by atoms with Gasteiger partial charge in [-0.2, -0.15) is 0 Å². The average molecular weight is 341 g/mol. The van der Waals surface area contributed by atoms with Crippen LogP contribution in [0.3, 0.4) is 0 Å². The van der Waals surface area contributed by atoms with E-state index in [2.05, 4.69) is 15.9 Å². The van der Waals surface area contributed by atoms with E-state index in [0.29, 0.717) is 21.3 Å². The topological polar surface area (TPSA) is 29.5 Å². The minimum absolute atomic E-state index is 0.189. The van der Waals surface area contributed by atoms with Crippen molar-refractivity contribution in [2.24, 2.45) is 0 Å². The summed E-state index contributed by atoms with van der Waals surface area (Å²) in [5.74, 6) is -0.445. The summed E-state index contributed by atoms with van der Waals surface area (Å²) in [4.78, 5) is 0. The van der Waals surface area contributed by atoms with Gasteiger partial charge in [-0.3, -0.25) is 0 Å². The smallest absolute Gasteiger partial charge is 0.131 e. The van der Waals surface area contributed by atoms with E-state index in [4.69, 9.17) is 4.74 Å². The Labute approximate surface area is 123 Å². The normalized spacial score (nSPS) is 21.2.